The van der Waals surface area contributed by atoms with Gasteiger partial charge in [0.25, 0.3) is 5.92 Å². The van der Waals surface area contributed by atoms with E-state index in [-0.39, 0.29) is 10.6 Å². The fourth-order valence-corrected chi connectivity index (χ4v) is 2.91. The van der Waals surface area contributed by atoms with Crippen molar-refractivity contribution in [2.45, 2.75) is 30.2 Å². The molecule has 6 heteroatoms. The van der Waals surface area contributed by atoms with Gasteiger partial charge in [0.1, 0.15) is 0 Å². The van der Waals surface area contributed by atoms with Crippen LogP contribution in [0.5, 0.6) is 0 Å². The van der Waals surface area contributed by atoms with Crippen LogP contribution in [0, 0.1) is 0 Å². The molecule has 1 aromatic carbocycles. The van der Waals surface area contributed by atoms with Crippen molar-refractivity contribution in [3.05, 3.63) is 34.9 Å². The lowest BCUT2D eigenvalue weighted by atomic mass is 9.70. The van der Waals surface area contributed by atoms with Gasteiger partial charge in [0, 0.05) is 18.4 Å². The molecule has 98 valence electrons. The number of alkyl halides is 3. The molecule has 0 saturated heterocycles. The van der Waals surface area contributed by atoms with E-state index in [9.17, 15) is 13.6 Å². The molecule has 0 aromatic heterocycles. The number of benzene rings is 1. The van der Waals surface area contributed by atoms with Gasteiger partial charge >= 0.3 is 0 Å². The number of carbonyl (C=O) groups is 1. The van der Waals surface area contributed by atoms with Gasteiger partial charge in [0.15, 0.2) is 4.87 Å². The van der Waals surface area contributed by atoms with E-state index in [0.29, 0.717) is 0 Å². The summed E-state index contributed by atoms with van der Waals surface area (Å²) in [6.07, 6.45) is -0.485. The van der Waals surface area contributed by atoms with Gasteiger partial charge in [-0.15, -0.1) is 11.6 Å². The molecule has 2 rings (SSSR count). The van der Waals surface area contributed by atoms with E-state index in [2.05, 4.69) is 5.32 Å². The molecule has 0 heterocycles. The van der Waals surface area contributed by atoms with Crippen molar-refractivity contribution >= 4 is 29.1 Å². The van der Waals surface area contributed by atoms with Crippen LogP contribution in [0.1, 0.15) is 18.9 Å². The van der Waals surface area contributed by atoms with Gasteiger partial charge in [-0.1, -0.05) is 29.8 Å². The maximum atomic E-state index is 13.8. The lowest BCUT2D eigenvalue weighted by Crippen LogP contribution is -2.67. The molecule has 1 fully saturated rings. The first-order valence-electron chi connectivity index (χ1n) is 5.38. The topological polar surface area (TPSA) is 29.1 Å². The molecule has 1 amide bonds. The Morgan fingerprint density at radius 3 is 2.56 bits per heavy atom. The zero-order chi connectivity index (χ0) is 13.6. The number of hydrogen-bond donors (Lipinski definition) is 1. The highest BCUT2D eigenvalue weighted by atomic mass is 35.5. The van der Waals surface area contributed by atoms with Gasteiger partial charge in [0.2, 0.25) is 5.91 Å². The summed E-state index contributed by atoms with van der Waals surface area (Å²) in [5, 5.41) is 2.61. The first-order chi connectivity index (χ1) is 8.29. The Kier molecular flexibility index (Phi) is 3.28. The highest BCUT2D eigenvalue weighted by molar-refractivity contribution is 6.34. The minimum atomic E-state index is -3.10. The SMILES string of the molecule is CC(=O)NC1CC(F)(F)C1(Cl)c1ccccc1Cl. The van der Waals surface area contributed by atoms with Crippen molar-refractivity contribution < 1.29 is 13.6 Å². The number of amides is 1. The van der Waals surface area contributed by atoms with E-state index in [1.54, 1.807) is 12.1 Å². The van der Waals surface area contributed by atoms with Gasteiger partial charge in [-0.3, -0.25) is 4.79 Å². The lowest BCUT2D eigenvalue weighted by molar-refractivity contribution is -0.147. The third kappa shape index (κ3) is 1.88. The van der Waals surface area contributed by atoms with Gasteiger partial charge in [-0.2, -0.15) is 0 Å². The molecule has 2 atom stereocenters. The number of carbonyl (C=O) groups excluding carboxylic acids is 1. The van der Waals surface area contributed by atoms with Crippen LogP contribution in [0.4, 0.5) is 8.78 Å². The Bertz CT molecular complexity index is 495. The fourth-order valence-electron chi connectivity index (χ4n) is 2.21. The maximum absolute atomic E-state index is 13.8. The molecule has 1 saturated carbocycles. The van der Waals surface area contributed by atoms with Crippen molar-refractivity contribution in [1.82, 2.24) is 5.32 Å². The summed E-state index contributed by atoms with van der Waals surface area (Å²) in [5.41, 5.74) is 0.142. The van der Waals surface area contributed by atoms with Crippen molar-refractivity contribution in [2.24, 2.45) is 0 Å². The second-order valence-electron chi connectivity index (χ2n) is 4.35. The summed E-state index contributed by atoms with van der Waals surface area (Å²) < 4.78 is 27.6. The minimum absolute atomic E-state index is 0.142. The summed E-state index contributed by atoms with van der Waals surface area (Å²) >= 11 is 12.0. The van der Waals surface area contributed by atoms with Crippen LogP contribution in [0.25, 0.3) is 0 Å². The average molecular weight is 294 g/mol. The molecule has 0 radical (unpaired) electrons. The molecular formula is C12H11Cl2F2NO. The predicted octanol–water partition coefficient (Wildman–Crippen LogP) is 3.32. The maximum Gasteiger partial charge on any atom is 0.275 e. The van der Waals surface area contributed by atoms with Crippen LogP contribution in [0.15, 0.2) is 24.3 Å². The molecule has 1 aliphatic rings. The molecule has 2 nitrogen and oxygen atoms in total. The van der Waals surface area contributed by atoms with Crippen molar-refractivity contribution in [1.29, 1.82) is 0 Å². The summed E-state index contributed by atoms with van der Waals surface area (Å²) in [6, 6.07) is 5.35. The highest BCUT2D eigenvalue weighted by Gasteiger charge is 2.69. The van der Waals surface area contributed by atoms with Gasteiger partial charge < -0.3 is 5.32 Å². The average Bonchev–Trinajstić information content (AvgIpc) is 2.27. The third-order valence-electron chi connectivity index (χ3n) is 3.12. The lowest BCUT2D eigenvalue weighted by Gasteiger charge is -2.51. The van der Waals surface area contributed by atoms with Crippen LogP contribution in [-0.2, 0) is 9.67 Å². The fraction of sp³-hybridized carbons (Fsp3) is 0.417. The Labute approximate surface area is 113 Å². The van der Waals surface area contributed by atoms with E-state index in [1.165, 1.54) is 19.1 Å². The third-order valence-corrected chi connectivity index (χ3v) is 4.19. The molecule has 1 aliphatic carbocycles. The van der Waals surface area contributed by atoms with Gasteiger partial charge in [-0.05, 0) is 11.6 Å². The molecule has 18 heavy (non-hydrogen) atoms. The summed E-state index contributed by atoms with van der Waals surface area (Å²) in [5.74, 6) is -3.50. The van der Waals surface area contributed by atoms with Gasteiger partial charge in [0.05, 0.1) is 6.04 Å². The molecule has 0 spiro atoms. The molecule has 0 bridgehead atoms. The largest absolute Gasteiger partial charge is 0.351 e. The smallest absolute Gasteiger partial charge is 0.275 e. The zero-order valence-electron chi connectivity index (χ0n) is 9.51. The predicted molar refractivity (Wildman–Crippen MR) is 66.2 cm³/mol. The Morgan fingerprint density at radius 2 is 2.06 bits per heavy atom. The van der Waals surface area contributed by atoms with Crippen LogP contribution in [0.2, 0.25) is 5.02 Å². The van der Waals surface area contributed by atoms with Crippen LogP contribution in [-0.4, -0.2) is 17.9 Å². The molecule has 1 aromatic rings. The summed E-state index contributed by atoms with van der Waals surface area (Å²) in [4.78, 5) is 9.04. The minimum Gasteiger partial charge on any atom is -0.351 e. The number of rotatable bonds is 2. The summed E-state index contributed by atoms with van der Waals surface area (Å²) in [7, 11) is 0. The number of halogens is 4. The van der Waals surface area contributed by atoms with Gasteiger partial charge in [-0.25, -0.2) is 8.78 Å². The van der Waals surface area contributed by atoms with E-state index in [1.807, 2.05) is 0 Å². The second kappa shape index (κ2) is 4.35. The number of hydrogen-bond acceptors (Lipinski definition) is 1. The van der Waals surface area contributed by atoms with E-state index in [0.717, 1.165) is 0 Å². The van der Waals surface area contributed by atoms with Crippen molar-refractivity contribution in [3.8, 4) is 0 Å². The monoisotopic (exact) mass is 293 g/mol. The second-order valence-corrected chi connectivity index (χ2v) is 5.36. The number of nitrogens with one attached hydrogen (secondary N) is 1. The first kappa shape index (κ1) is 13.6. The van der Waals surface area contributed by atoms with E-state index >= 15 is 0 Å². The molecule has 2 unspecified atom stereocenters. The Morgan fingerprint density at radius 1 is 1.44 bits per heavy atom. The van der Waals surface area contributed by atoms with E-state index in [4.69, 9.17) is 23.2 Å². The van der Waals surface area contributed by atoms with Crippen molar-refractivity contribution in [3.63, 3.8) is 0 Å². The van der Waals surface area contributed by atoms with E-state index < -0.39 is 29.2 Å². The molecule has 1 N–H and O–H groups in total. The van der Waals surface area contributed by atoms with Crippen LogP contribution >= 0.6 is 23.2 Å². The van der Waals surface area contributed by atoms with Crippen LogP contribution < -0.4 is 5.32 Å². The molecule has 0 aliphatic heterocycles. The Hall–Kier alpha value is -0.870. The van der Waals surface area contributed by atoms with Crippen LogP contribution in [0.3, 0.4) is 0 Å². The Balaban J connectivity index is 2.42. The molecular weight excluding hydrogens is 283 g/mol. The zero-order valence-corrected chi connectivity index (χ0v) is 11.0. The highest BCUT2D eigenvalue weighted by Crippen LogP contribution is 2.59. The van der Waals surface area contributed by atoms with Crippen molar-refractivity contribution in [2.75, 3.05) is 0 Å². The quantitative estimate of drug-likeness (QED) is 0.833. The first-order valence-corrected chi connectivity index (χ1v) is 6.13. The summed E-state index contributed by atoms with van der Waals surface area (Å²) in [6.45, 7) is 1.26. The standard InChI is InChI=1S/C12H11Cl2F2NO/c1-7(18)17-10-6-11(15,16)12(10,14)8-4-2-3-5-9(8)13/h2-5,10H,6H2,1H3,(H,17,18). The normalized spacial score (nSPS) is 29.5.